The highest BCUT2D eigenvalue weighted by Crippen LogP contribution is 2.42. The van der Waals surface area contributed by atoms with Gasteiger partial charge < -0.3 is 14.7 Å². The molecule has 2 rings (SSSR count). The van der Waals surface area contributed by atoms with Crippen LogP contribution in [0.1, 0.15) is 72.1 Å². The molecule has 0 saturated heterocycles. The number of amides is 1. The highest BCUT2D eigenvalue weighted by Gasteiger charge is 2.35. The molecule has 0 aromatic heterocycles. The van der Waals surface area contributed by atoms with E-state index in [1.54, 1.807) is 24.8 Å². The molecule has 0 radical (unpaired) electrons. The lowest BCUT2D eigenvalue weighted by molar-refractivity contribution is -0.150. The highest BCUT2D eigenvalue weighted by molar-refractivity contribution is 6.04. The van der Waals surface area contributed by atoms with Crippen molar-refractivity contribution in [3.63, 3.8) is 0 Å². The predicted octanol–water partition coefficient (Wildman–Crippen LogP) is 6.23. The quantitative estimate of drug-likeness (QED) is 0.405. The second-order valence-electron chi connectivity index (χ2n) is 11.4. The minimum absolute atomic E-state index is 0.121. The monoisotopic (exact) mass is 465 g/mol. The Morgan fingerprint density at radius 1 is 0.912 bits per heavy atom. The van der Waals surface area contributed by atoms with E-state index in [9.17, 15) is 14.7 Å². The SMILES string of the molecule is COC(=O)C(C)(C)CN(C(=O)/C=C/c1ccccc1)c1cc(C(C)(C)C)c(O)c(C(C)(C)C)c1. The molecule has 0 aliphatic heterocycles. The van der Waals surface area contributed by atoms with Gasteiger partial charge in [-0.3, -0.25) is 9.59 Å². The van der Waals surface area contributed by atoms with Gasteiger partial charge in [0.25, 0.3) is 5.91 Å². The van der Waals surface area contributed by atoms with Crippen LogP contribution in [0.2, 0.25) is 0 Å². The Labute approximate surface area is 204 Å². The molecule has 0 atom stereocenters. The van der Waals surface area contributed by atoms with Crippen molar-refractivity contribution in [2.24, 2.45) is 5.41 Å². The molecule has 34 heavy (non-hydrogen) atoms. The van der Waals surface area contributed by atoms with E-state index in [4.69, 9.17) is 4.74 Å². The molecule has 0 aliphatic rings. The number of nitrogens with zero attached hydrogens (tertiary/aromatic N) is 1. The average molecular weight is 466 g/mol. The first-order chi connectivity index (χ1) is 15.6. The van der Waals surface area contributed by atoms with Gasteiger partial charge in [0, 0.05) is 29.4 Å². The maximum Gasteiger partial charge on any atom is 0.313 e. The van der Waals surface area contributed by atoms with Crippen LogP contribution >= 0.6 is 0 Å². The third-order valence-corrected chi connectivity index (χ3v) is 5.80. The van der Waals surface area contributed by atoms with E-state index < -0.39 is 11.4 Å². The Morgan fingerprint density at radius 3 is 1.85 bits per heavy atom. The number of hydrogen-bond donors (Lipinski definition) is 1. The number of phenolic OH excluding ortho intramolecular Hbond substituents is 1. The molecular weight excluding hydrogens is 426 g/mol. The van der Waals surface area contributed by atoms with Crippen molar-refractivity contribution in [2.75, 3.05) is 18.6 Å². The minimum Gasteiger partial charge on any atom is -0.507 e. The number of ether oxygens (including phenoxy) is 1. The molecule has 5 heteroatoms. The van der Waals surface area contributed by atoms with Crippen molar-refractivity contribution in [1.29, 1.82) is 0 Å². The van der Waals surface area contributed by atoms with E-state index in [0.717, 1.165) is 16.7 Å². The Hall–Kier alpha value is -3.08. The maximum absolute atomic E-state index is 13.5. The fourth-order valence-corrected chi connectivity index (χ4v) is 3.77. The lowest BCUT2D eigenvalue weighted by atomic mass is 9.79. The fraction of sp³-hybridized carbons (Fsp3) is 0.448. The van der Waals surface area contributed by atoms with Gasteiger partial charge in [-0.15, -0.1) is 0 Å². The van der Waals surface area contributed by atoms with Crippen LogP contribution in [0, 0.1) is 5.41 Å². The van der Waals surface area contributed by atoms with E-state index in [0.29, 0.717) is 5.69 Å². The van der Waals surface area contributed by atoms with Gasteiger partial charge in [-0.1, -0.05) is 71.9 Å². The first-order valence-corrected chi connectivity index (χ1v) is 11.6. The second-order valence-corrected chi connectivity index (χ2v) is 11.4. The Balaban J connectivity index is 2.69. The zero-order chi connectivity index (χ0) is 25.9. The number of anilines is 1. The lowest BCUT2D eigenvalue weighted by Gasteiger charge is -2.34. The van der Waals surface area contributed by atoms with E-state index in [2.05, 4.69) is 0 Å². The van der Waals surface area contributed by atoms with Crippen molar-refractivity contribution in [3.8, 4) is 5.75 Å². The molecule has 1 amide bonds. The molecule has 2 aromatic carbocycles. The molecule has 2 aromatic rings. The van der Waals surface area contributed by atoms with Crippen LogP contribution in [0.3, 0.4) is 0 Å². The first kappa shape index (κ1) is 27.2. The first-order valence-electron chi connectivity index (χ1n) is 11.6. The lowest BCUT2D eigenvalue weighted by Crippen LogP contribution is -2.42. The van der Waals surface area contributed by atoms with Crippen LogP contribution < -0.4 is 4.90 Å². The van der Waals surface area contributed by atoms with Gasteiger partial charge in [0.15, 0.2) is 0 Å². The molecular formula is C29H39NO4. The van der Waals surface area contributed by atoms with Crippen molar-refractivity contribution >= 4 is 23.6 Å². The molecule has 1 N–H and O–H groups in total. The van der Waals surface area contributed by atoms with Crippen LogP contribution in [0.25, 0.3) is 6.08 Å². The van der Waals surface area contributed by atoms with Gasteiger partial charge >= 0.3 is 5.97 Å². The third-order valence-electron chi connectivity index (χ3n) is 5.80. The molecule has 0 spiro atoms. The molecule has 0 unspecified atom stereocenters. The number of aromatic hydroxyl groups is 1. The number of phenols is 1. The van der Waals surface area contributed by atoms with Gasteiger partial charge in [-0.2, -0.15) is 0 Å². The van der Waals surface area contributed by atoms with Gasteiger partial charge in [-0.25, -0.2) is 0 Å². The summed E-state index contributed by atoms with van der Waals surface area (Å²) in [5, 5.41) is 11.1. The molecule has 0 bridgehead atoms. The van der Waals surface area contributed by atoms with Gasteiger partial charge in [0.05, 0.1) is 12.5 Å². The fourth-order valence-electron chi connectivity index (χ4n) is 3.77. The van der Waals surface area contributed by atoms with E-state index in [-0.39, 0.29) is 29.0 Å². The zero-order valence-corrected chi connectivity index (χ0v) is 22.0. The van der Waals surface area contributed by atoms with Gasteiger partial charge in [-0.05, 0) is 48.4 Å². The van der Waals surface area contributed by atoms with Gasteiger partial charge in [0.1, 0.15) is 5.75 Å². The van der Waals surface area contributed by atoms with Crippen molar-refractivity contribution in [3.05, 3.63) is 65.2 Å². The van der Waals surface area contributed by atoms with Crippen LogP contribution in [0.5, 0.6) is 5.75 Å². The summed E-state index contributed by atoms with van der Waals surface area (Å²) >= 11 is 0. The predicted molar refractivity (Wildman–Crippen MR) is 139 cm³/mol. The maximum atomic E-state index is 13.5. The number of hydrogen-bond acceptors (Lipinski definition) is 4. The minimum atomic E-state index is -0.938. The smallest absolute Gasteiger partial charge is 0.313 e. The highest BCUT2D eigenvalue weighted by atomic mass is 16.5. The number of rotatable bonds is 6. The van der Waals surface area contributed by atoms with Gasteiger partial charge in [0.2, 0.25) is 0 Å². The molecule has 184 valence electrons. The summed E-state index contributed by atoms with van der Waals surface area (Å²) in [4.78, 5) is 27.6. The standard InChI is InChI=1S/C29H39NO4/c1-27(2,3)22-17-21(18-23(25(22)32)28(4,5)6)30(19-29(7,8)26(33)34-9)24(31)16-15-20-13-11-10-12-14-20/h10-18,32H,19H2,1-9H3/b16-15+. The molecule has 5 nitrogen and oxygen atoms in total. The van der Waals surface area contributed by atoms with E-state index >= 15 is 0 Å². The summed E-state index contributed by atoms with van der Waals surface area (Å²) in [5.74, 6) is -0.419. The molecule has 0 aliphatic carbocycles. The topological polar surface area (TPSA) is 66.8 Å². The Kier molecular flexibility index (Phi) is 8.02. The Morgan fingerprint density at radius 2 is 1.41 bits per heavy atom. The molecule has 0 saturated carbocycles. The van der Waals surface area contributed by atoms with E-state index in [1.165, 1.54) is 13.2 Å². The van der Waals surface area contributed by atoms with E-state index in [1.807, 2.05) is 84.0 Å². The molecule has 0 heterocycles. The Bertz CT molecular complexity index is 1020. The molecule has 0 fully saturated rings. The van der Waals surface area contributed by atoms with Crippen molar-refractivity contribution in [2.45, 2.75) is 66.2 Å². The summed E-state index contributed by atoms with van der Waals surface area (Å²) in [7, 11) is 1.35. The third kappa shape index (κ3) is 6.49. The summed E-state index contributed by atoms with van der Waals surface area (Å²) in [5.41, 5.74) is 1.38. The zero-order valence-electron chi connectivity index (χ0n) is 22.0. The normalized spacial score (nSPS) is 12.6. The summed E-state index contributed by atoms with van der Waals surface area (Å²) < 4.78 is 5.00. The summed E-state index contributed by atoms with van der Waals surface area (Å²) in [6, 6.07) is 13.3. The van der Waals surface area contributed by atoms with Crippen LogP contribution in [-0.4, -0.2) is 30.6 Å². The van der Waals surface area contributed by atoms with Crippen LogP contribution in [-0.2, 0) is 25.2 Å². The number of benzene rings is 2. The van der Waals surface area contributed by atoms with Crippen molar-refractivity contribution in [1.82, 2.24) is 0 Å². The second kappa shape index (κ2) is 10.0. The van der Waals surface area contributed by atoms with Crippen molar-refractivity contribution < 1.29 is 19.4 Å². The number of carbonyl (C=O) groups excluding carboxylic acids is 2. The van der Waals surface area contributed by atoms with Crippen LogP contribution in [0.4, 0.5) is 5.69 Å². The number of carbonyl (C=O) groups is 2. The number of methoxy groups -OCH3 is 1. The number of esters is 1. The largest absolute Gasteiger partial charge is 0.507 e. The average Bonchev–Trinajstić information content (AvgIpc) is 2.74. The van der Waals surface area contributed by atoms with Crippen LogP contribution in [0.15, 0.2) is 48.5 Å². The summed E-state index contributed by atoms with van der Waals surface area (Å²) in [6.07, 6.45) is 3.28. The summed E-state index contributed by atoms with van der Waals surface area (Å²) in [6.45, 7) is 15.8.